The average molecular weight is 250 g/mol. The maximum absolute atomic E-state index is 12.2. The van der Waals surface area contributed by atoms with Crippen molar-refractivity contribution in [3.05, 3.63) is 47.0 Å². The van der Waals surface area contributed by atoms with Crippen molar-refractivity contribution in [1.29, 1.82) is 0 Å². The third-order valence-electron chi connectivity index (χ3n) is 4.84. The Labute approximate surface area is 113 Å². The SMILES string of the molecule is O=C1CCCCC1c1ccc2c3c(cccc13)CC2. The molecule has 1 atom stereocenters. The molecule has 1 saturated carbocycles. The molecule has 96 valence electrons. The van der Waals surface area contributed by atoms with Gasteiger partial charge in [0.05, 0.1) is 0 Å². The minimum absolute atomic E-state index is 0.152. The molecule has 0 aromatic heterocycles. The molecule has 0 bridgehead atoms. The lowest BCUT2D eigenvalue weighted by atomic mass is 9.80. The summed E-state index contributed by atoms with van der Waals surface area (Å²) in [4.78, 5) is 12.2. The third-order valence-corrected chi connectivity index (χ3v) is 4.84. The first kappa shape index (κ1) is 11.2. The van der Waals surface area contributed by atoms with Crippen LogP contribution in [0.15, 0.2) is 30.3 Å². The van der Waals surface area contributed by atoms with Crippen molar-refractivity contribution in [2.24, 2.45) is 0 Å². The average Bonchev–Trinajstić information content (AvgIpc) is 2.86. The Balaban J connectivity index is 1.94. The standard InChI is InChI=1S/C18H18O/c19-17-7-2-1-5-15(17)14-11-10-13-9-8-12-4-3-6-16(14)18(12)13/h3-4,6,10-11,15H,1-2,5,7-9H2. The highest BCUT2D eigenvalue weighted by atomic mass is 16.1. The summed E-state index contributed by atoms with van der Waals surface area (Å²) in [5.74, 6) is 0.601. The first-order chi connectivity index (χ1) is 9.34. The van der Waals surface area contributed by atoms with Crippen LogP contribution in [-0.4, -0.2) is 5.78 Å². The minimum atomic E-state index is 0.152. The van der Waals surface area contributed by atoms with Gasteiger partial charge in [-0.3, -0.25) is 4.79 Å². The van der Waals surface area contributed by atoms with Crippen molar-refractivity contribution in [1.82, 2.24) is 0 Å². The summed E-state index contributed by atoms with van der Waals surface area (Å²) in [5.41, 5.74) is 4.22. The lowest BCUT2D eigenvalue weighted by molar-refractivity contribution is -0.121. The van der Waals surface area contributed by atoms with E-state index in [0.717, 1.165) is 32.1 Å². The van der Waals surface area contributed by atoms with Crippen LogP contribution in [0.2, 0.25) is 0 Å². The van der Waals surface area contributed by atoms with E-state index in [1.165, 1.54) is 33.9 Å². The number of hydrogen-bond donors (Lipinski definition) is 0. The van der Waals surface area contributed by atoms with Gasteiger partial charge in [-0.2, -0.15) is 0 Å². The van der Waals surface area contributed by atoms with Crippen LogP contribution >= 0.6 is 0 Å². The number of ketones is 1. The van der Waals surface area contributed by atoms with Crippen LogP contribution in [0.5, 0.6) is 0 Å². The van der Waals surface area contributed by atoms with Crippen molar-refractivity contribution >= 4 is 16.6 Å². The van der Waals surface area contributed by atoms with Gasteiger partial charge in [0.15, 0.2) is 0 Å². The number of hydrogen-bond acceptors (Lipinski definition) is 1. The smallest absolute Gasteiger partial charge is 0.140 e. The van der Waals surface area contributed by atoms with E-state index < -0.39 is 0 Å². The van der Waals surface area contributed by atoms with Crippen molar-refractivity contribution in [3.8, 4) is 0 Å². The van der Waals surface area contributed by atoms with E-state index in [4.69, 9.17) is 0 Å². The number of rotatable bonds is 1. The molecule has 2 aliphatic carbocycles. The first-order valence-corrected chi connectivity index (χ1v) is 7.41. The highest BCUT2D eigenvalue weighted by Crippen LogP contribution is 2.38. The van der Waals surface area contributed by atoms with Crippen molar-refractivity contribution < 1.29 is 4.79 Å². The molecule has 2 aliphatic rings. The van der Waals surface area contributed by atoms with Gasteiger partial charge in [0.2, 0.25) is 0 Å². The quantitative estimate of drug-likeness (QED) is 0.742. The van der Waals surface area contributed by atoms with E-state index in [2.05, 4.69) is 30.3 Å². The summed E-state index contributed by atoms with van der Waals surface area (Å²) in [6, 6.07) is 11.1. The summed E-state index contributed by atoms with van der Waals surface area (Å²) in [5, 5.41) is 2.78. The molecule has 1 fully saturated rings. The van der Waals surface area contributed by atoms with Gasteiger partial charge in [0.1, 0.15) is 5.78 Å². The molecular weight excluding hydrogens is 232 g/mol. The summed E-state index contributed by atoms with van der Waals surface area (Å²) >= 11 is 0. The van der Waals surface area contributed by atoms with E-state index in [1.807, 2.05) is 0 Å². The largest absolute Gasteiger partial charge is 0.299 e. The third kappa shape index (κ3) is 1.64. The van der Waals surface area contributed by atoms with Gasteiger partial charge in [-0.15, -0.1) is 0 Å². The molecule has 4 rings (SSSR count). The van der Waals surface area contributed by atoms with Crippen molar-refractivity contribution in [2.45, 2.75) is 44.4 Å². The molecule has 0 amide bonds. The molecule has 2 aromatic rings. The zero-order chi connectivity index (χ0) is 12.8. The second-order valence-electron chi connectivity index (χ2n) is 5.92. The molecular formula is C18H18O. The monoisotopic (exact) mass is 250 g/mol. The number of benzene rings is 2. The van der Waals surface area contributed by atoms with Gasteiger partial charge in [-0.1, -0.05) is 36.8 Å². The van der Waals surface area contributed by atoms with Crippen LogP contribution in [0.25, 0.3) is 10.8 Å². The van der Waals surface area contributed by atoms with Crippen molar-refractivity contribution in [2.75, 3.05) is 0 Å². The van der Waals surface area contributed by atoms with E-state index in [0.29, 0.717) is 5.78 Å². The lowest BCUT2D eigenvalue weighted by Gasteiger charge is -2.22. The summed E-state index contributed by atoms with van der Waals surface area (Å²) in [6.07, 6.45) is 6.41. The maximum atomic E-state index is 12.2. The lowest BCUT2D eigenvalue weighted by Crippen LogP contribution is -2.17. The number of carbonyl (C=O) groups excluding carboxylic acids is 1. The van der Waals surface area contributed by atoms with Gasteiger partial charge in [0, 0.05) is 12.3 Å². The predicted octanol–water partition coefficient (Wildman–Crippen LogP) is 4.17. The molecule has 0 heterocycles. The van der Waals surface area contributed by atoms with Gasteiger partial charge in [-0.25, -0.2) is 0 Å². The molecule has 0 N–H and O–H groups in total. The summed E-state index contributed by atoms with van der Waals surface area (Å²) in [7, 11) is 0. The molecule has 0 radical (unpaired) electrons. The molecule has 2 aromatic carbocycles. The molecule has 0 saturated heterocycles. The summed E-state index contributed by atoms with van der Waals surface area (Å²) < 4.78 is 0. The predicted molar refractivity (Wildman–Crippen MR) is 77.6 cm³/mol. The number of aryl methyl sites for hydroxylation is 2. The molecule has 19 heavy (non-hydrogen) atoms. The fourth-order valence-corrected chi connectivity index (χ4v) is 3.89. The van der Waals surface area contributed by atoms with Crippen molar-refractivity contribution in [3.63, 3.8) is 0 Å². The highest BCUT2D eigenvalue weighted by Gasteiger charge is 2.26. The van der Waals surface area contributed by atoms with Gasteiger partial charge in [0.25, 0.3) is 0 Å². The molecule has 1 unspecified atom stereocenters. The second-order valence-corrected chi connectivity index (χ2v) is 5.92. The Kier molecular flexibility index (Phi) is 2.48. The first-order valence-electron chi connectivity index (χ1n) is 7.41. The Morgan fingerprint density at radius 3 is 2.58 bits per heavy atom. The Morgan fingerprint density at radius 2 is 1.74 bits per heavy atom. The highest BCUT2D eigenvalue weighted by molar-refractivity contribution is 5.98. The van der Waals surface area contributed by atoms with Gasteiger partial charge in [-0.05, 0) is 53.1 Å². The Bertz CT molecular complexity index is 658. The van der Waals surface area contributed by atoms with E-state index in [1.54, 1.807) is 0 Å². The maximum Gasteiger partial charge on any atom is 0.140 e. The minimum Gasteiger partial charge on any atom is -0.299 e. The van der Waals surface area contributed by atoms with Crippen LogP contribution < -0.4 is 0 Å². The fraction of sp³-hybridized carbons (Fsp3) is 0.389. The van der Waals surface area contributed by atoms with Crippen LogP contribution in [0.4, 0.5) is 0 Å². The normalized spacial score (nSPS) is 22.1. The second kappa shape index (κ2) is 4.19. The number of Topliss-reactive ketones (excluding diaryl/α,β-unsaturated/α-hetero) is 1. The molecule has 0 spiro atoms. The van der Waals surface area contributed by atoms with Crippen LogP contribution in [0, 0.1) is 0 Å². The Hall–Kier alpha value is -1.63. The fourth-order valence-electron chi connectivity index (χ4n) is 3.89. The van der Waals surface area contributed by atoms with E-state index in [-0.39, 0.29) is 5.92 Å². The van der Waals surface area contributed by atoms with Crippen LogP contribution in [-0.2, 0) is 17.6 Å². The molecule has 1 heteroatoms. The number of carbonyl (C=O) groups is 1. The molecule has 0 aliphatic heterocycles. The summed E-state index contributed by atoms with van der Waals surface area (Å²) in [6.45, 7) is 0. The van der Waals surface area contributed by atoms with E-state index in [9.17, 15) is 4.79 Å². The zero-order valence-electron chi connectivity index (χ0n) is 11.1. The van der Waals surface area contributed by atoms with Crippen LogP contribution in [0.1, 0.15) is 48.3 Å². The zero-order valence-corrected chi connectivity index (χ0v) is 11.1. The van der Waals surface area contributed by atoms with Crippen LogP contribution in [0.3, 0.4) is 0 Å². The molecule has 1 nitrogen and oxygen atoms in total. The van der Waals surface area contributed by atoms with Gasteiger partial charge < -0.3 is 0 Å². The van der Waals surface area contributed by atoms with Gasteiger partial charge >= 0.3 is 0 Å². The van der Waals surface area contributed by atoms with E-state index >= 15 is 0 Å². The topological polar surface area (TPSA) is 17.1 Å². The Morgan fingerprint density at radius 1 is 0.895 bits per heavy atom.